The van der Waals surface area contributed by atoms with Crippen molar-refractivity contribution in [2.75, 3.05) is 66.1 Å². The van der Waals surface area contributed by atoms with Crippen LogP contribution in [0.3, 0.4) is 0 Å². The van der Waals surface area contributed by atoms with E-state index >= 15 is 0 Å². The fourth-order valence-corrected chi connectivity index (χ4v) is 5.23. The average Bonchev–Trinajstić information content (AvgIpc) is 3.05. The number of carbonyl (C=O) groups is 6. The monoisotopic (exact) mass is 654 g/mol. The summed E-state index contributed by atoms with van der Waals surface area (Å²) in [7, 11) is 1.67. The number of aliphatic carboxylic acids is 1. The second kappa shape index (κ2) is 16.1. The van der Waals surface area contributed by atoms with Gasteiger partial charge in [0.25, 0.3) is 11.8 Å². The number of carbonyl (C=O) groups excluding carboxylic acids is 5. The van der Waals surface area contributed by atoms with Crippen molar-refractivity contribution in [3.05, 3.63) is 35.5 Å². The Labute approximate surface area is 272 Å². The Morgan fingerprint density at radius 1 is 1.00 bits per heavy atom. The summed E-state index contributed by atoms with van der Waals surface area (Å²) < 4.78 is 11.1. The van der Waals surface area contributed by atoms with Crippen LogP contribution in [0.2, 0.25) is 0 Å². The molecule has 0 radical (unpaired) electrons. The van der Waals surface area contributed by atoms with Crippen LogP contribution in [-0.2, 0) is 23.9 Å². The summed E-state index contributed by atoms with van der Waals surface area (Å²) in [6.07, 6.45) is 0.673. The molecule has 0 saturated carbocycles. The number of hydrogen-bond donors (Lipinski definition) is 2. The van der Waals surface area contributed by atoms with Crippen molar-refractivity contribution in [2.45, 2.75) is 45.6 Å². The molecule has 1 aromatic carbocycles. The van der Waals surface area contributed by atoms with Crippen LogP contribution in [0.25, 0.3) is 10.9 Å². The quantitative estimate of drug-likeness (QED) is 0.317. The van der Waals surface area contributed by atoms with Crippen molar-refractivity contribution in [3.63, 3.8) is 0 Å². The molecule has 2 N–H and O–H groups in total. The molecule has 47 heavy (non-hydrogen) atoms. The molecular formula is C32H42N6O9. The molecule has 2 saturated heterocycles. The molecule has 2 aliphatic rings. The number of aromatic nitrogens is 1. The summed E-state index contributed by atoms with van der Waals surface area (Å²) in [6.45, 7) is 5.40. The van der Waals surface area contributed by atoms with Crippen molar-refractivity contribution >= 4 is 46.6 Å². The smallest absolute Gasteiger partial charge is 0.409 e. The molecule has 3 heterocycles. The van der Waals surface area contributed by atoms with E-state index in [1.807, 2.05) is 19.9 Å². The first-order valence-corrected chi connectivity index (χ1v) is 15.8. The molecule has 2 aromatic rings. The van der Waals surface area contributed by atoms with Gasteiger partial charge in [-0.1, -0.05) is 19.4 Å². The number of fused-ring (bicyclic) bond motifs is 1. The number of piperazine rings is 2. The number of nitrogens with one attached hydrogen (secondary N) is 1. The zero-order valence-corrected chi connectivity index (χ0v) is 27.0. The van der Waals surface area contributed by atoms with Crippen LogP contribution in [0.5, 0.6) is 5.75 Å². The highest BCUT2D eigenvalue weighted by molar-refractivity contribution is 5.99. The maximum Gasteiger partial charge on any atom is 0.409 e. The predicted molar refractivity (Wildman–Crippen MR) is 169 cm³/mol. The molecule has 2 aliphatic heterocycles. The Bertz CT molecular complexity index is 1510. The van der Waals surface area contributed by atoms with Gasteiger partial charge in [-0.25, -0.2) is 9.78 Å². The van der Waals surface area contributed by atoms with E-state index in [2.05, 4.69) is 10.3 Å². The van der Waals surface area contributed by atoms with Crippen molar-refractivity contribution in [1.29, 1.82) is 0 Å². The SMILES string of the molecule is CCCCOC(=O)N1CCN(C(=O)C(CCC(=O)O)NC(=O)c2cc(OCC(=O)N3CCN(C)C(=O)C3)c3ccc(C)cc3n2)CC1. The number of aryl methyl sites for hydroxylation is 1. The normalized spacial score (nSPS) is 15.8. The molecule has 0 spiro atoms. The Balaban J connectivity index is 1.47. The molecule has 1 aromatic heterocycles. The Kier molecular flexibility index (Phi) is 11.9. The number of rotatable bonds is 12. The third-order valence-corrected chi connectivity index (χ3v) is 8.14. The largest absolute Gasteiger partial charge is 0.483 e. The molecule has 4 rings (SSSR count). The van der Waals surface area contributed by atoms with E-state index in [0.29, 0.717) is 30.6 Å². The van der Waals surface area contributed by atoms with Gasteiger partial charge in [0.2, 0.25) is 11.8 Å². The van der Waals surface area contributed by atoms with Crippen LogP contribution in [-0.4, -0.2) is 137 Å². The van der Waals surface area contributed by atoms with Gasteiger partial charge in [0.15, 0.2) is 6.61 Å². The number of benzene rings is 1. The summed E-state index contributed by atoms with van der Waals surface area (Å²) in [5, 5.41) is 12.5. The van der Waals surface area contributed by atoms with E-state index in [-0.39, 0.29) is 75.4 Å². The molecule has 1 atom stereocenters. The second-order valence-electron chi connectivity index (χ2n) is 11.7. The highest BCUT2D eigenvalue weighted by Gasteiger charge is 2.32. The summed E-state index contributed by atoms with van der Waals surface area (Å²) in [5.74, 6) is -2.67. The molecule has 1 unspecified atom stereocenters. The lowest BCUT2D eigenvalue weighted by Gasteiger charge is -2.36. The zero-order chi connectivity index (χ0) is 34.1. The molecule has 0 aliphatic carbocycles. The summed E-state index contributed by atoms with van der Waals surface area (Å²) in [6, 6.07) is 5.55. The lowest BCUT2D eigenvalue weighted by molar-refractivity contribution is -0.145. The number of nitrogens with zero attached hydrogens (tertiary/aromatic N) is 5. The van der Waals surface area contributed by atoms with Crippen LogP contribution in [0, 0.1) is 6.92 Å². The maximum atomic E-state index is 13.6. The van der Waals surface area contributed by atoms with E-state index in [0.717, 1.165) is 18.4 Å². The third kappa shape index (κ3) is 9.30. The van der Waals surface area contributed by atoms with Gasteiger partial charge in [-0.15, -0.1) is 0 Å². The van der Waals surface area contributed by atoms with Crippen molar-refractivity contribution < 1.29 is 43.3 Å². The maximum absolute atomic E-state index is 13.6. The number of carboxylic acids is 1. The van der Waals surface area contributed by atoms with Crippen LogP contribution in [0.4, 0.5) is 4.79 Å². The van der Waals surface area contributed by atoms with Crippen LogP contribution in [0.1, 0.15) is 48.7 Å². The summed E-state index contributed by atoms with van der Waals surface area (Å²) in [4.78, 5) is 86.2. The second-order valence-corrected chi connectivity index (χ2v) is 11.7. The minimum Gasteiger partial charge on any atom is -0.483 e. The third-order valence-electron chi connectivity index (χ3n) is 8.14. The van der Waals surface area contributed by atoms with E-state index in [1.165, 1.54) is 20.8 Å². The molecule has 15 heteroatoms. The molecule has 254 valence electrons. The molecule has 5 amide bonds. The van der Waals surface area contributed by atoms with Crippen LogP contribution < -0.4 is 10.1 Å². The van der Waals surface area contributed by atoms with Gasteiger partial charge in [0.05, 0.1) is 18.7 Å². The minimum atomic E-state index is -1.17. The van der Waals surface area contributed by atoms with E-state index in [9.17, 15) is 33.9 Å². The minimum absolute atomic E-state index is 0.0491. The van der Waals surface area contributed by atoms with Crippen molar-refractivity contribution in [3.8, 4) is 5.75 Å². The topological polar surface area (TPSA) is 179 Å². The highest BCUT2D eigenvalue weighted by atomic mass is 16.6. The van der Waals surface area contributed by atoms with Gasteiger partial charge in [0, 0.05) is 64.2 Å². The van der Waals surface area contributed by atoms with Crippen LogP contribution >= 0.6 is 0 Å². The van der Waals surface area contributed by atoms with Crippen LogP contribution in [0.15, 0.2) is 24.3 Å². The fourth-order valence-electron chi connectivity index (χ4n) is 5.23. The zero-order valence-electron chi connectivity index (χ0n) is 27.0. The number of likely N-dealkylation sites (N-methyl/N-ethyl adjacent to an activating group) is 1. The first-order chi connectivity index (χ1) is 22.5. The van der Waals surface area contributed by atoms with Gasteiger partial charge in [0.1, 0.15) is 17.5 Å². The molecular weight excluding hydrogens is 612 g/mol. The van der Waals surface area contributed by atoms with Gasteiger partial charge in [-0.2, -0.15) is 0 Å². The Morgan fingerprint density at radius 2 is 1.70 bits per heavy atom. The standard InChI is InChI=1S/C32H42N6O9/c1-4-5-16-46-32(45)37-14-12-36(13-15-37)31(44)23(8-9-29(41)42)34-30(43)25-18-26(22-7-6-21(2)17-24(22)33-25)47-20-28(40)38-11-10-35(3)27(39)19-38/h6-7,17-18,23H,4-5,8-16,19-20H2,1-3H3,(H,34,43)(H,41,42). The molecule has 15 nitrogen and oxygen atoms in total. The Morgan fingerprint density at radius 3 is 2.38 bits per heavy atom. The average molecular weight is 655 g/mol. The molecule has 2 fully saturated rings. The van der Waals surface area contributed by atoms with Gasteiger partial charge in [-0.05, 0) is 37.5 Å². The highest BCUT2D eigenvalue weighted by Crippen LogP contribution is 2.27. The number of carboxylic acid groups (broad SMARTS) is 1. The van der Waals surface area contributed by atoms with E-state index in [4.69, 9.17) is 9.47 Å². The van der Waals surface area contributed by atoms with Crippen molar-refractivity contribution in [1.82, 2.24) is 29.9 Å². The number of hydrogen-bond acceptors (Lipinski definition) is 9. The summed E-state index contributed by atoms with van der Waals surface area (Å²) >= 11 is 0. The molecule has 0 bridgehead atoms. The number of pyridine rings is 1. The first-order valence-electron chi connectivity index (χ1n) is 15.8. The number of amides is 5. The van der Waals surface area contributed by atoms with Gasteiger partial charge < -0.3 is 39.5 Å². The predicted octanol–water partition coefficient (Wildman–Crippen LogP) is 1.27. The Hall–Kier alpha value is -4.95. The lowest BCUT2D eigenvalue weighted by atomic mass is 10.1. The van der Waals surface area contributed by atoms with E-state index in [1.54, 1.807) is 24.1 Å². The van der Waals surface area contributed by atoms with Crippen molar-refractivity contribution in [2.24, 2.45) is 0 Å². The van der Waals surface area contributed by atoms with Gasteiger partial charge >= 0.3 is 12.1 Å². The number of ether oxygens (including phenoxy) is 2. The number of unbranched alkanes of at least 4 members (excludes halogenated alkanes) is 1. The van der Waals surface area contributed by atoms with E-state index < -0.39 is 29.9 Å². The lowest BCUT2D eigenvalue weighted by Crippen LogP contribution is -2.56. The summed E-state index contributed by atoms with van der Waals surface area (Å²) in [5.41, 5.74) is 1.20. The first kappa shape index (κ1) is 34.9. The van der Waals surface area contributed by atoms with Gasteiger partial charge in [-0.3, -0.25) is 24.0 Å². The fraction of sp³-hybridized carbons (Fsp3) is 0.531.